The Bertz CT molecular complexity index is 1080. The number of esters is 2. The zero-order chi connectivity index (χ0) is 23.3. The number of methoxy groups -OCH3 is 3. The van der Waals surface area contributed by atoms with Gasteiger partial charge in [-0.1, -0.05) is 6.07 Å². The first-order valence-corrected chi connectivity index (χ1v) is 9.68. The van der Waals surface area contributed by atoms with Crippen LogP contribution >= 0.6 is 0 Å². The molecule has 9 nitrogen and oxygen atoms in total. The fourth-order valence-electron chi connectivity index (χ4n) is 3.02. The van der Waals surface area contributed by atoms with Crippen LogP contribution in [0.25, 0.3) is 6.08 Å². The average Bonchev–Trinajstić information content (AvgIpc) is 3.14. The van der Waals surface area contributed by atoms with Crippen molar-refractivity contribution in [1.82, 2.24) is 0 Å². The van der Waals surface area contributed by atoms with Crippen LogP contribution in [-0.4, -0.2) is 45.8 Å². The van der Waals surface area contributed by atoms with Crippen LogP contribution in [0.1, 0.15) is 25.0 Å². The fourth-order valence-corrected chi connectivity index (χ4v) is 3.02. The summed E-state index contributed by atoms with van der Waals surface area (Å²) in [4.78, 5) is 28.0. The third kappa shape index (κ3) is 4.83. The van der Waals surface area contributed by atoms with Gasteiger partial charge in [-0.25, -0.2) is 9.79 Å². The SMILES string of the molecule is CCOc1cc(C=C2N=C(c3cc(OC)c(OC)c(OC)c3)OC2=O)ccc1OC(C)=O. The van der Waals surface area contributed by atoms with E-state index in [1.54, 1.807) is 36.4 Å². The molecule has 1 aliphatic rings. The molecule has 0 saturated heterocycles. The van der Waals surface area contributed by atoms with Crippen LogP contribution in [0.3, 0.4) is 0 Å². The molecule has 1 heterocycles. The Hall–Kier alpha value is -4.01. The quantitative estimate of drug-likeness (QED) is 0.349. The number of ether oxygens (including phenoxy) is 6. The largest absolute Gasteiger partial charge is 0.493 e. The van der Waals surface area contributed by atoms with Gasteiger partial charge < -0.3 is 28.4 Å². The van der Waals surface area contributed by atoms with E-state index >= 15 is 0 Å². The van der Waals surface area contributed by atoms with Crippen molar-refractivity contribution in [3.8, 4) is 28.7 Å². The second-order valence-corrected chi connectivity index (χ2v) is 6.48. The summed E-state index contributed by atoms with van der Waals surface area (Å²) in [6.07, 6.45) is 1.55. The first kappa shape index (κ1) is 22.7. The van der Waals surface area contributed by atoms with Crippen LogP contribution in [0.2, 0.25) is 0 Å². The number of carbonyl (C=O) groups excluding carboxylic acids is 2. The van der Waals surface area contributed by atoms with Crippen molar-refractivity contribution in [3.63, 3.8) is 0 Å². The monoisotopic (exact) mass is 441 g/mol. The van der Waals surface area contributed by atoms with E-state index in [1.807, 2.05) is 6.92 Å². The summed E-state index contributed by atoms with van der Waals surface area (Å²) < 4.78 is 32.0. The van der Waals surface area contributed by atoms with Crippen LogP contribution in [0, 0.1) is 0 Å². The minimum Gasteiger partial charge on any atom is -0.493 e. The highest BCUT2D eigenvalue weighted by Crippen LogP contribution is 2.39. The molecular weight excluding hydrogens is 418 g/mol. The van der Waals surface area contributed by atoms with E-state index < -0.39 is 11.9 Å². The molecule has 0 bridgehead atoms. The second-order valence-electron chi connectivity index (χ2n) is 6.48. The zero-order valence-corrected chi connectivity index (χ0v) is 18.4. The van der Waals surface area contributed by atoms with Crippen molar-refractivity contribution in [1.29, 1.82) is 0 Å². The first-order chi connectivity index (χ1) is 15.4. The van der Waals surface area contributed by atoms with E-state index in [9.17, 15) is 9.59 Å². The molecule has 3 rings (SSSR count). The summed E-state index contributed by atoms with van der Waals surface area (Å²) in [5, 5.41) is 0. The fraction of sp³-hybridized carbons (Fsp3) is 0.261. The number of benzene rings is 2. The van der Waals surface area contributed by atoms with Gasteiger partial charge in [-0.3, -0.25) is 4.79 Å². The molecule has 0 spiro atoms. The van der Waals surface area contributed by atoms with Gasteiger partial charge in [-0.2, -0.15) is 0 Å². The molecule has 0 amide bonds. The van der Waals surface area contributed by atoms with Gasteiger partial charge in [0.1, 0.15) is 0 Å². The van der Waals surface area contributed by atoms with Gasteiger partial charge in [0.2, 0.25) is 11.6 Å². The number of hydrogen-bond donors (Lipinski definition) is 0. The number of carbonyl (C=O) groups is 2. The Morgan fingerprint density at radius 2 is 1.69 bits per heavy atom. The Kier molecular flexibility index (Phi) is 6.99. The second kappa shape index (κ2) is 9.86. The molecular formula is C23H23NO8. The third-order valence-corrected chi connectivity index (χ3v) is 4.36. The maximum absolute atomic E-state index is 12.4. The van der Waals surface area contributed by atoms with Gasteiger partial charge in [0, 0.05) is 12.5 Å². The number of cyclic esters (lactones) is 1. The molecule has 0 aromatic heterocycles. The van der Waals surface area contributed by atoms with E-state index in [1.165, 1.54) is 28.3 Å². The van der Waals surface area contributed by atoms with E-state index in [0.717, 1.165) is 0 Å². The molecule has 168 valence electrons. The summed E-state index contributed by atoms with van der Waals surface area (Å²) in [5.41, 5.74) is 1.19. The number of nitrogens with zero attached hydrogens (tertiary/aromatic N) is 1. The summed E-state index contributed by atoms with van der Waals surface area (Å²) in [6, 6.07) is 8.18. The highest BCUT2D eigenvalue weighted by Gasteiger charge is 2.26. The molecule has 2 aromatic rings. The molecule has 2 aromatic carbocycles. The van der Waals surface area contributed by atoms with E-state index in [2.05, 4.69) is 4.99 Å². The first-order valence-electron chi connectivity index (χ1n) is 9.68. The summed E-state index contributed by atoms with van der Waals surface area (Å²) in [5.74, 6) is 0.903. The zero-order valence-electron chi connectivity index (χ0n) is 18.4. The number of rotatable bonds is 8. The van der Waals surface area contributed by atoms with Gasteiger partial charge in [0.05, 0.1) is 27.9 Å². The Balaban J connectivity index is 1.97. The molecule has 0 atom stereocenters. The third-order valence-electron chi connectivity index (χ3n) is 4.36. The lowest BCUT2D eigenvalue weighted by molar-refractivity contribution is -0.132. The topological polar surface area (TPSA) is 102 Å². The van der Waals surface area contributed by atoms with Gasteiger partial charge in [0.15, 0.2) is 28.7 Å². The van der Waals surface area contributed by atoms with Gasteiger partial charge in [-0.15, -0.1) is 0 Å². The van der Waals surface area contributed by atoms with Gasteiger partial charge in [-0.05, 0) is 42.8 Å². The molecule has 0 aliphatic carbocycles. The van der Waals surface area contributed by atoms with Gasteiger partial charge >= 0.3 is 11.9 Å². The lowest BCUT2D eigenvalue weighted by Gasteiger charge is -2.13. The van der Waals surface area contributed by atoms with Crippen molar-refractivity contribution >= 4 is 23.9 Å². The van der Waals surface area contributed by atoms with Crippen LogP contribution in [0.4, 0.5) is 0 Å². The summed E-state index contributed by atoms with van der Waals surface area (Å²) in [6.45, 7) is 3.49. The van der Waals surface area contributed by atoms with Crippen molar-refractivity contribution in [3.05, 3.63) is 47.2 Å². The molecule has 0 fully saturated rings. The molecule has 32 heavy (non-hydrogen) atoms. The van der Waals surface area contributed by atoms with E-state index in [0.29, 0.717) is 40.7 Å². The van der Waals surface area contributed by atoms with Crippen LogP contribution in [0.15, 0.2) is 41.0 Å². The highest BCUT2D eigenvalue weighted by atomic mass is 16.6. The predicted octanol–water partition coefficient (Wildman–Crippen LogP) is 3.38. The average molecular weight is 441 g/mol. The Morgan fingerprint density at radius 3 is 2.25 bits per heavy atom. The number of hydrogen-bond acceptors (Lipinski definition) is 9. The van der Waals surface area contributed by atoms with Crippen molar-refractivity contribution < 1.29 is 38.0 Å². The lowest BCUT2D eigenvalue weighted by atomic mass is 10.1. The molecule has 1 aliphatic heterocycles. The highest BCUT2D eigenvalue weighted by molar-refractivity contribution is 6.13. The summed E-state index contributed by atoms with van der Waals surface area (Å²) in [7, 11) is 4.48. The minimum absolute atomic E-state index is 0.0939. The van der Waals surface area contributed by atoms with Gasteiger partial charge in [0.25, 0.3) is 0 Å². The smallest absolute Gasteiger partial charge is 0.363 e. The Morgan fingerprint density at radius 1 is 1.00 bits per heavy atom. The van der Waals surface area contributed by atoms with Crippen molar-refractivity contribution in [2.24, 2.45) is 4.99 Å². The van der Waals surface area contributed by atoms with Crippen molar-refractivity contribution in [2.45, 2.75) is 13.8 Å². The lowest BCUT2D eigenvalue weighted by Crippen LogP contribution is -2.07. The normalized spacial score (nSPS) is 14.0. The standard InChI is InChI=1S/C23H23NO8/c1-6-30-18-10-14(7-8-17(18)31-13(2)25)9-16-23(26)32-22(24-16)15-11-19(27-3)21(29-5)20(12-15)28-4/h7-12H,6H2,1-5H3. The maximum atomic E-state index is 12.4. The van der Waals surface area contributed by atoms with E-state index in [4.69, 9.17) is 28.4 Å². The molecule has 0 unspecified atom stereocenters. The molecule has 0 saturated carbocycles. The minimum atomic E-state index is -0.615. The maximum Gasteiger partial charge on any atom is 0.363 e. The van der Waals surface area contributed by atoms with Crippen LogP contribution < -0.4 is 23.7 Å². The number of aliphatic imine (C=N–C) groups is 1. The predicted molar refractivity (Wildman–Crippen MR) is 116 cm³/mol. The summed E-state index contributed by atoms with van der Waals surface area (Å²) >= 11 is 0. The molecule has 0 N–H and O–H groups in total. The van der Waals surface area contributed by atoms with Crippen LogP contribution in [-0.2, 0) is 14.3 Å². The van der Waals surface area contributed by atoms with E-state index in [-0.39, 0.29) is 17.3 Å². The van der Waals surface area contributed by atoms with Crippen molar-refractivity contribution in [2.75, 3.05) is 27.9 Å². The molecule has 0 radical (unpaired) electrons. The molecule has 9 heteroatoms. The van der Waals surface area contributed by atoms with Crippen LogP contribution in [0.5, 0.6) is 28.7 Å². The Labute approximate surface area is 185 Å².